The van der Waals surface area contributed by atoms with Crippen LogP contribution < -0.4 is 9.47 Å². The van der Waals surface area contributed by atoms with Gasteiger partial charge < -0.3 is 23.5 Å². The van der Waals surface area contributed by atoms with Crippen LogP contribution in [0.4, 0.5) is 9.59 Å². The van der Waals surface area contributed by atoms with E-state index in [0.29, 0.717) is 12.1 Å². The van der Waals surface area contributed by atoms with Gasteiger partial charge in [0.2, 0.25) is 5.75 Å². The monoisotopic (exact) mass is 311 g/mol. The normalized spacial score (nSPS) is 10.1. The number of aromatic nitrogens is 3. The fourth-order valence-corrected chi connectivity index (χ4v) is 1.51. The zero-order valence-electron chi connectivity index (χ0n) is 12.1. The van der Waals surface area contributed by atoms with Crippen molar-refractivity contribution in [1.82, 2.24) is 14.9 Å². The number of aryl methyl sites for hydroxylation is 1. The van der Waals surface area contributed by atoms with E-state index in [2.05, 4.69) is 19.7 Å². The predicted octanol–water partition coefficient (Wildman–Crippen LogP) is 1.85. The quantitative estimate of drug-likeness (QED) is 0.780. The second-order valence-corrected chi connectivity index (χ2v) is 3.84. The van der Waals surface area contributed by atoms with Crippen molar-refractivity contribution in [3.8, 4) is 23.0 Å². The Hall–Kier alpha value is -3.04. The average molecular weight is 311 g/mol. The summed E-state index contributed by atoms with van der Waals surface area (Å²) in [7, 11) is 2.25. The van der Waals surface area contributed by atoms with Crippen LogP contribution in [0, 0.1) is 0 Å². The molecule has 10 nitrogen and oxygen atoms in total. The second-order valence-electron chi connectivity index (χ2n) is 3.84. The molecule has 0 N–H and O–H groups in total. The van der Waals surface area contributed by atoms with Crippen molar-refractivity contribution in [1.29, 1.82) is 0 Å². The molecule has 2 aromatic heterocycles. The maximum atomic E-state index is 11.3. The summed E-state index contributed by atoms with van der Waals surface area (Å²) in [5.74, 6) is -0.649. The number of carbonyl (C=O) groups is 2. The van der Waals surface area contributed by atoms with Gasteiger partial charge in [0.15, 0.2) is 5.69 Å². The Bertz CT molecular complexity index is 676. The SMILES string of the molecule is CCn1cc(-c2noc(OC(=O)OC)c2OC(=O)OC)cn1. The van der Waals surface area contributed by atoms with Crippen molar-refractivity contribution in [3.05, 3.63) is 12.4 Å². The lowest BCUT2D eigenvalue weighted by molar-refractivity contribution is 0.0992. The number of hydrogen-bond acceptors (Lipinski definition) is 9. The van der Waals surface area contributed by atoms with E-state index in [1.165, 1.54) is 6.20 Å². The fraction of sp³-hybridized carbons (Fsp3) is 0.333. The molecule has 10 heteroatoms. The highest BCUT2D eigenvalue weighted by molar-refractivity contribution is 5.75. The molecule has 0 aliphatic heterocycles. The van der Waals surface area contributed by atoms with Crippen LogP contribution in [0.3, 0.4) is 0 Å². The molecular formula is C12H13N3O7. The maximum absolute atomic E-state index is 11.3. The van der Waals surface area contributed by atoms with Crippen molar-refractivity contribution in [3.63, 3.8) is 0 Å². The molecule has 0 saturated carbocycles. The molecule has 0 aliphatic rings. The van der Waals surface area contributed by atoms with Crippen LogP contribution in [0.2, 0.25) is 0 Å². The number of hydrogen-bond donors (Lipinski definition) is 0. The highest BCUT2D eigenvalue weighted by atomic mass is 16.8. The van der Waals surface area contributed by atoms with Gasteiger partial charge in [-0.1, -0.05) is 5.16 Å². The maximum Gasteiger partial charge on any atom is 0.516 e. The summed E-state index contributed by atoms with van der Waals surface area (Å²) >= 11 is 0. The Balaban J connectivity index is 2.39. The molecule has 0 atom stereocenters. The fourth-order valence-electron chi connectivity index (χ4n) is 1.51. The van der Waals surface area contributed by atoms with Crippen molar-refractivity contribution in [2.24, 2.45) is 0 Å². The molecule has 0 saturated heterocycles. The molecule has 0 radical (unpaired) electrons. The van der Waals surface area contributed by atoms with E-state index in [1.54, 1.807) is 10.9 Å². The van der Waals surface area contributed by atoms with Crippen LogP contribution in [0.25, 0.3) is 11.3 Å². The molecule has 0 aromatic carbocycles. The van der Waals surface area contributed by atoms with Gasteiger partial charge in [0.05, 0.1) is 20.4 Å². The smallest absolute Gasteiger partial charge is 0.437 e. The van der Waals surface area contributed by atoms with Gasteiger partial charge in [-0.05, 0) is 6.92 Å². The third kappa shape index (κ3) is 3.16. The number of rotatable bonds is 4. The summed E-state index contributed by atoms with van der Waals surface area (Å²) in [5.41, 5.74) is 0.633. The van der Waals surface area contributed by atoms with Crippen LogP contribution in [0.1, 0.15) is 6.92 Å². The summed E-state index contributed by atoms with van der Waals surface area (Å²) < 4.78 is 24.9. The molecule has 0 aliphatic carbocycles. The van der Waals surface area contributed by atoms with Crippen LogP contribution >= 0.6 is 0 Å². The van der Waals surface area contributed by atoms with E-state index in [9.17, 15) is 9.59 Å². The largest absolute Gasteiger partial charge is 0.516 e. The third-order valence-corrected chi connectivity index (χ3v) is 2.55. The van der Waals surface area contributed by atoms with E-state index < -0.39 is 18.3 Å². The molecule has 2 heterocycles. The number of nitrogens with zero attached hydrogens (tertiary/aromatic N) is 3. The topological polar surface area (TPSA) is 115 Å². The molecule has 0 fully saturated rings. The Kier molecular flexibility index (Phi) is 4.61. The Morgan fingerprint density at radius 3 is 2.50 bits per heavy atom. The molecule has 0 spiro atoms. The van der Waals surface area contributed by atoms with E-state index in [4.69, 9.17) is 14.0 Å². The van der Waals surface area contributed by atoms with Gasteiger partial charge in [-0.3, -0.25) is 4.68 Å². The summed E-state index contributed by atoms with van der Waals surface area (Å²) in [6, 6.07) is 0. The highest BCUT2D eigenvalue weighted by Crippen LogP contribution is 2.38. The number of methoxy groups -OCH3 is 2. The minimum atomic E-state index is -1.05. The van der Waals surface area contributed by atoms with E-state index in [1.807, 2.05) is 6.92 Å². The first-order valence-electron chi connectivity index (χ1n) is 6.13. The molecule has 0 amide bonds. The Morgan fingerprint density at radius 1 is 1.23 bits per heavy atom. The van der Waals surface area contributed by atoms with E-state index in [0.717, 1.165) is 14.2 Å². The van der Waals surface area contributed by atoms with Crippen molar-refractivity contribution in [2.45, 2.75) is 13.5 Å². The molecule has 2 aromatic rings. The first-order valence-corrected chi connectivity index (χ1v) is 6.13. The standard InChI is InChI=1S/C12H13N3O7/c1-4-15-6-7(5-13-15)8-9(20-11(16)18-2)10(22-14-8)21-12(17)19-3/h5-6H,4H2,1-3H3. The summed E-state index contributed by atoms with van der Waals surface area (Å²) in [6.45, 7) is 2.54. The van der Waals surface area contributed by atoms with Gasteiger partial charge in [0.1, 0.15) is 0 Å². The minimum absolute atomic E-state index is 0.129. The van der Waals surface area contributed by atoms with E-state index >= 15 is 0 Å². The van der Waals surface area contributed by atoms with Gasteiger partial charge in [-0.15, -0.1) is 0 Å². The van der Waals surface area contributed by atoms with Gasteiger partial charge in [-0.2, -0.15) is 5.10 Å². The first-order chi connectivity index (χ1) is 10.6. The van der Waals surface area contributed by atoms with Gasteiger partial charge in [0.25, 0.3) is 0 Å². The lowest BCUT2D eigenvalue weighted by Gasteiger charge is -2.03. The predicted molar refractivity (Wildman–Crippen MR) is 69.5 cm³/mol. The molecule has 118 valence electrons. The lowest BCUT2D eigenvalue weighted by Crippen LogP contribution is -2.11. The van der Waals surface area contributed by atoms with Crippen molar-refractivity contribution in [2.75, 3.05) is 14.2 Å². The van der Waals surface area contributed by atoms with Gasteiger partial charge >= 0.3 is 18.3 Å². The number of carbonyl (C=O) groups excluding carboxylic acids is 2. The second kappa shape index (κ2) is 6.61. The highest BCUT2D eigenvalue weighted by Gasteiger charge is 2.27. The third-order valence-electron chi connectivity index (χ3n) is 2.55. The van der Waals surface area contributed by atoms with Crippen molar-refractivity contribution >= 4 is 12.3 Å². The lowest BCUT2D eigenvalue weighted by atomic mass is 10.2. The van der Waals surface area contributed by atoms with Gasteiger partial charge in [-0.25, -0.2) is 9.59 Å². The molecule has 0 bridgehead atoms. The van der Waals surface area contributed by atoms with E-state index in [-0.39, 0.29) is 11.4 Å². The average Bonchev–Trinajstić information content (AvgIpc) is 3.14. The first kappa shape index (κ1) is 15.4. The van der Waals surface area contributed by atoms with Crippen LogP contribution in [0.5, 0.6) is 11.7 Å². The molecular weight excluding hydrogens is 298 g/mol. The number of ether oxygens (including phenoxy) is 4. The van der Waals surface area contributed by atoms with Crippen molar-refractivity contribution < 1.29 is 33.1 Å². The zero-order chi connectivity index (χ0) is 16.1. The minimum Gasteiger partial charge on any atom is -0.437 e. The summed E-state index contributed by atoms with van der Waals surface area (Å²) in [5, 5.41) is 7.78. The molecule has 2 rings (SSSR count). The Morgan fingerprint density at radius 2 is 1.91 bits per heavy atom. The Labute approximate surface area is 124 Å². The van der Waals surface area contributed by atoms with Crippen LogP contribution in [0.15, 0.2) is 16.9 Å². The zero-order valence-corrected chi connectivity index (χ0v) is 12.1. The van der Waals surface area contributed by atoms with Crippen LogP contribution in [-0.4, -0.2) is 41.5 Å². The van der Waals surface area contributed by atoms with Gasteiger partial charge in [0, 0.05) is 18.3 Å². The summed E-state index contributed by atoms with van der Waals surface area (Å²) in [6.07, 6.45) is 1.07. The van der Waals surface area contributed by atoms with Crippen LogP contribution in [-0.2, 0) is 16.0 Å². The molecule has 22 heavy (non-hydrogen) atoms. The summed E-state index contributed by atoms with van der Waals surface area (Å²) in [4.78, 5) is 22.5. The molecule has 0 unspecified atom stereocenters.